The molecule has 0 fully saturated rings. The molecule has 0 aliphatic heterocycles. The maximum absolute atomic E-state index is 11.0. The van der Waals surface area contributed by atoms with E-state index >= 15 is 0 Å². The van der Waals surface area contributed by atoms with Crippen LogP contribution in [-0.4, -0.2) is 5.97 Å². The van der Waals surface area contributed by atoms with Crippen LogP contribution in [0.2, 0.25) is 0 Å². The minimum atomic E-state index is -0.434. The number of hydrogen-bond donors (Lipinski definition) is 0. The van der Waals surface area contributed by atoms with Gasteiger partial charge in [-0.05, 0) is 12.0 Å². The van der Waals surface area contributed by atoms with Gasteiger partial charge in [-0.3, -0.25) is 4.79 Å². The Labute approximate surface area is 129 Å². The molecule has 0 N–H and O–H groups in total. The van der Waals surface area contributed by atoms with Crippen LogP contribution >= 0.6 is 0 Å². The van der Waals surface area contributed by atoms with Crippen LogP contribution < -0.4 is 0 Å². The van der Waals surface area contributed by atoms with Crippen LogP contribution in [0.25, 0.3) is 10.4 Å². The quantitative estimate of drug-likeness (QED) is 0.118. The molecular weight excluding hydrogens is 266 g/mol. The standard InChI is InChI=1S/C16H31N3O2/c1-2-3-4-5-6-7-8-9-10-11-12-13-14-15-16(20)21-19-18-17/h2-15H2,1H3. The summed E-state index contributed by atoms with van der Waals surface area (Å²) in [7, 11) is 0. The number of hydrogen-bond acceptors (Lipinski definition) is 3. The van der Waals surface area contributed by atoms with Crippen molar-refractivity contribution in [1.29, 1.82) is 0 Å². The lowest BCUT2D eigenvalue weighted by Gasteiger charge is -2.02. The van der Waals surface area contributed by atoms with E-state index in [1.807, 2.05) is 0 Å². The van der Waals surface area contributed by atoms with Crippen LogP contribution in [-0.2, 0) is 9.63 Å². The van der Waals surface area contributed by atoms with Crippen LogP contribution in [0.5, 0.6) is 0 Å². The largest absolute Gasteiger partial charge is 0.359 e. The third kappa shape index (κ3) is 16.7. The molecule has 5 heteroatoms. The van der Waals surface area contributed by atoms with Crippen LogP contribution in [0.1, 0.15) is 96.8 Å². The second-order valence-electron chi connectivity index (χ2n) is 5.63. The SMILES string of the molecule is CCCCCCCCCCCCCCCC(=O)ON=[N+]=[N-]. The fourth-order valence-corrected chi connectivity index (χ4v) is 2.40. The van der Waals surface area contributed by atoms with E-state index in [1.54, 1.807) is 0 Å². The van der Waals surface area contributed by atoms with Gasteiger partial charge in [0, 0.05) is 11.3 Å². The number of carbonyl (C=O) groups is 1. The number of unbranched alkanes of at least 4 members (excludes halogenated alkanes) is 12. The van der Waals surface area contributed by atoms with E-state index in [4.69, 9.17) is 5.53 Å². The van der Waals surface area contributed by atoms with Gasteiger partial charge >= 0.3 is 5.97 Å². The van der Waals surface area contributed by atoms with Gasteiger partial charge in [0.1, 0.15) is 5.28 Å². The summed E-state index contributed by atoms with van der Waals surface area (Å²) in [4.78, 5) is 17.7. The molecule has 0 saturated heterocycles. The average Bonchev–Trinajstić information content (AvgIpc) is 2.49. The fraction of sp³-hybridized carbons (Fsp3) is 0.938. The lowest BCUT2D eigenvalue weighted by atomic mass is 10.0. The highest BCUT2D eigenvalue weighted by Crippen LogP contribution is 2.13. The minimum absolute atomic E-state index is 0.344. The van der Waals surface area contributed by atoms with Gasteiger partial charge in [-0.25, -0.2) is 0 Å². The number of nitrogens with zero attached hydrogens (tertiary/aromatic N) is 3. The molecule has 21 heavy (non-hydrogen) atoms. The molecule has 0 spiro atoms. The third-order valence-corrected chi connectivity index (χ3v) is 3.66. The van der Waals surface area contributed by atoms with Crippen LogP contribution in [0.4, 0.5) is 0 Å². The summed E-state index contributed by atoms with van der Waals surface area (Å²) in [6, 6.07) is 0. The summed E-state index contributed by atoms with van der Waals surface area (Å²) in [6.07, 6.45) is 16.9. The van der Waals surface area contributed by atoms with Crippen molar-refractivity contribution < 1.29 is 9.63 Å². The van der Waals surface area contributed by atoms with Crippen molar-refractivity contribution in [2.75, 3.05) is 0 Å². The molecule has 0 aromatic rings. The topological polar surface area (TPSA) is 75.1 Å². The molecule has 0 amide bonds. The number of carbonyl (C=O) groups excluding carboxylic acids is 1. The van der Waals surface area contributed by atoms with E-state index in [2.05, 4.69) is 22.0 Å². The maximum Gasteiger partial charge on any atom is 0.317 e. The van der Waals surface area contributed by atoms with Gasteiger partial charge in [-0.2, -0.15) is 0 Å². The van der Waals surface area contributed by atoms with Gasteiger partial charge in [0.05, 0.1) is 0 Å². The Bertz CT molecular complexity index is 289. The smallest absolute Gasteiger partial charge is 0.317 e. The first-order valence-electron chi connectivity index (χ1n) is 8.55. The van der Waals surface area contributed by atoms with Gasteiger partial charge in [-0.1, -0.05) is 84.0 Å². The Morgan fingerprint density at radius 2 is 1.29 bits per heavy atom. The van der Waals surface area contributed by atoms with E-state index < -0.39 is 5.97 Å². The summed E-state index contributed by atoms with van der Waals surface area (Å²) in [5.41, 5.74) is 7.98. The Hall–Kier alpha value is -1.22. The Morgan fingerprint density at radius 3 is 1.71 bits per heavy atom. The zero-order valence-electron chi connectivity index (χ0n) is 13.6. The van der Waals surface area contributed by atoms with E-state index in [1.165, 1.54) is 70.6 Å². The van der Waals surface area contributed by atoms with Crippen molar-refractivity contribution in [3.8, 4) is 0 Å². The maximum atomic E-state index is 11.0. The molecule has 0 aromatic heterocycles. The molecule has 0 aliphatic rings. The molecule has 0 aliphatic carbocycles. The number of rotatable bonds is 15. The molecule has 0 atom stereocenters. The Kier molecular flexibility index (Phi) is 15.9. The molecule has 0 bridgehead atoms. The van der Waals surface area contributed by atoms with Gasteiger partial charge in [0.15, 0.2) is 0 Å². The summed E-state index contributed by atoms with van der Waals surface area (Å²) in [6.45, 7) is 2.25. The van der Waals surface area contributed by atoms with Crippen molar-refractivity contribution in [3.05, 3.63) is 10.4 Å². The van der Waals surface area contributed by atoms with E-state index in [0.29, 0.717) is 6.42 Å². The molecule has 122 valence electrons. The molecule has 0 saturated carbocycles. The molecule has 0 heterocycles. The minimum Gasteiger partial charge on any atom is -0.359 e. The highest BCUT2D eigenvalue weighted by atomic mass is 16.7. The van der Waals surface area contributed by atoms with Gasteiger partial charge < -0.3 is 4.84 Å². The van der Waals surface area contributed by atoms with Crippen molar-refractivity contribution in [1.82, 2.24) is 0 Å². The zero-order chi connectivity index (χ0) is 15.6. The van der Waals surface area contributed by atoms with Gasteiger partial charge in [0.25, 0.3) is 0 Å². The van der Waals surface area contributed by atoms with Crippen LogP contribution in [0.3, 0.4) is 0 Å². The summed E-state index contributed by atoms with van der Waals surface area (Å²) < 4.78 is 0. The molecule has 0 aromatic carbocycles. The van der Waals surface area contributed by atoms with E-state index in [0.717, 1.165) is 12.8 Å². The molecule has 0 unspecified atom stereocenters. The predicted molar refractivity (Wildman–Crippen MR) is 85.6 cm³/mol. The van der Waals surface area contributed by atoms with Crippen molar-refractivity contribution in [2.45, 2.75) is 96.8 Å². The zero-order valence-corrected chi connectivity index (χ0v) is 13.6. The summed E-state index contributed by atoms with van der Waals surface area (Å²) in [5, 5.41) is 2.78. The normalized spacial score (nSPS) is 10.1. The van der Waals surface area contributed by atoms with Crippen LogP contribution in [0.15, 0.2) is 5.28 Å². The molecule has 0 radical (unpaired) electrons. The highest BCUT2D eigenvalue weighted by molar-refractivity contribution is 5.68. The van der Waals surface area contributed by atoms with Gasteiger partial charge in [0.2, 0.25) is 0 Å². The predicted octanol–water partition coefficient (Wildman–Crippen LogP) is 6.24. The summed E-state index contributed by atoms with van der Waals surface area (Å²) in [5.74, 6) is -0.434. The van der Waals surface area contributed by atoms with Crippen molar-refractivity contribution in [3.63, 3.8) is 0 Å². The third-order valence-electron chi connectivity index (χ3n) is 3.66. The second-order valence-corrected chi connectivity index (χ2v) is 5.63. The molecule has 5 nitrogen and oxygen atoms in total. The lowest BCUT2D eigenvalue weighted by molar-refractivity contribution is -0.144. The van der Waals surface area contributed by atoms with E-state index in [9.17, 15) is 4.79 Å². The second kappa shape index (κ2) is 16.8. The van der Waals surface area contributed by atoms with Crippen molar-refractivity contribution in [2.24, 2.45) is 5.28 Å². The lowest BCUT2D eigenvalue weighted by Crippen LogP contribution is -1.98. The van der Waals surface area contributed by atoms with Crippen LogP contribution in [0, 0.1) is 0 Å². The Balaban J connectivity index is 3.09. The van der Waals surface area contributed by atoms with Crippen molar-refractivity contribution >= 4 is 5.97 Å². The fourth-order valence-electron chi connectivity index (χ4n) is 2.40. The van der Waals surface area contributed by atoms with Gasteiger partial charge in [-0.15, -0.1) is 0 Å². The van der Waals surface area contributed by atoms with E-state index in [-0.39, 0.29) is 0 Å². The first-order valence-corrected chi connectivity index (χ1v) is 8.55. The number of azide groups is 1. The molecular formula is C16H31N3O2. The molecule has 0 rings (SSSR count). The monoisotopic (exact) mass is 297 g/mol. The Morgan fingerprint density at radius 1 is 0.857 bits per heavy atom. The first kappa shape index (κ1) is 19.8. The summed E-state index contributed by atoms with van der Waals surface area (Å²) >= 11 is 0. The average molecular weight is 297 g/mol. The highest BCUT2D eigenvalue weighted by Gasteiger charge is 2.01. The first-order chi connectivity index (χ1) is 10.3.